The Bertz CT molecular complexity index is 297. The van der Waals surface area contributed by atoms with Gasteiger partial charge in [0.15, 0.2) is 0 Å². The number of aromatic nitrogens is 1. The molecule has 4 heteroatoms. The second kappa shape index (κ2) is 6.20. The third-order valence-corrected chi connectivity index (χ3v) is 3.40. The molecule has 3 nitrogen and oxygen atoms in total. The van der Waals surface area contributed by atoms with Gasteiger partial charge in [-0.15, -0.1) is 11.3 Å². The summed E-state index contributed by atoms with van der Waals surface area (Å²) < 4.78 is 5.03. The molecule has 1 aromatic rings. The minimum atomic E-state index is 0.468. The lowest BCUT2D eigenvalue weighted by molar-refractivity contribution is 0.195. The smallest absolute Gasteiger partial charge is 0.0932 e. The molecule has 0 saturated heterocycles. The Balaban J connectivity index is 2.65. The van der Waals surface area contributed by atoms with Crippen molar-refractivity contribution < 1.29 is 4.74 Å². The molecule has 0 fully saturated rings. The molecular weight excluding hydrogens is 208 g/mol. The quantitative estimate of drug-likeness (QED) is 0.760. The molecular formula is C11H20N2OS. The maximum absolute atomic E-state index is 5.70. The monoisotopic (exact) mass is 228 g/mol. The molecule has 1 rings (SSSR count). The molecule has 86 valence electrons. The Morgan fingerprint density at radius 1 is 1.47 bits per heavy atom. The van der Waals surface area contributed by atoms with Crippen molar-refractivity contribution in [1.29, 1.82) is 0 Å². The number of nitrogens with two attached hydrogens (primary N) is 1. The van der Waals surface area contributed by atoms with E-state index in [-0.39, 0.29) is 0 Å². The Labute approximate surface area is 95.7 Å². The topological polar surface area (TPSA) is 48.1 Å². The molecule has 0 spiro atoms. The summed E-state index contributed by atoms with van der Waals surface area (Å²) in [5, 5.41) is 1.19. The van der Waals surface area contributed by atoms with E-state index in [1.54, 1.807) is 18.4 Å². The number of nitrogens with zero attached hydrogens (tertiary/aromatic N) is 1. The van der Waals surface area contributed by atoms with E-state index in [0.717, 1.165) is 19.4 Å². The largest absolute Gasteiger partial charge is 0.385 e. The normalized spacial score (nSPS) is 11.3. The van der Waals surface area contributed by atoms with Gasteiger partial charge in [0.25, 0.3) is 0 Å². The van der Waals surface area contributed by atoms with Crippen LogP contribution in [0.25, 0.3) is 0 Å². The molecule has 15 heavy (non-hydrogen) atoms. The van der Waals surface area contributed by atoms with Crippen molar-refractivity contribution >= 4 is 11.3 Å². The van der Waals surface area contributed by atoms with Crippen LogP contribution in [0.4, 0.5) is 0 Å². The van der Waals surface area contributed by atoms with E-state index in [2.05, 4.69) is 18.8 Å². The number of hydrogen-bond donors (Lipinski definition) is 1. The van der Waals surface area contributed by atoms with Gasteiger partial charge in [0.05, 0.1) is 10.7 Å². The summed E-state index contributed by atoms with van der Waals surface area (Å²) >= 11 is 1.75. The zero-order valence-corrected chi connectivity index (χ0v) is 10.6. The lowest BCUT2D eigenvalue weighted by Gasteiger charge is -2.01. The number of methoxy groups -OCH3 is 1. The first-order chi connectivity index (χ1) is 7.19. The third-order valence-electron chi connectivity index (χ3n) is 2.24. The van der Waals surface area contributed by atoms with E-state index in [1.165, 1.54) is 15.6 Å². The zero-order valence-electron chi connectivity index (χ0n) is 9.75. The van der Waals surface area contributed by atoms with E-state index < -0.39 is 0 Å². The zero-order chi connectivity index (χ0) is 11.3. The molecule has 0 atom stereocenters. The van der Waals surface area contributed by atoms with Gasteiger partial charge in [-0.05, 0) is 12.3 Å². The Kier molecular flexibility index (Phi) is 5.22. The molecule has 0 bridgehead atoms. The molecule has 1 aromatic heterocycles. The van der Waals surface area contributed by atoms with Gasteiger partial charge in [-0.3, -0.25) is 0 Å². The number of rotatable bonds is 6. The maximum atomic E-state index is 5.70. The standard InChI is InChI=1S/C11H20N2OS/c1-8(2)11-9(7-12)15-10(13-11)5-4-6-14-3/h8H,4-7,12H2,1-3H3. The molecule has 0 aliphatic carbocycles. The predicted octanol–water partition coefficient (Wildman–Crippen LogP) is 2.30. The van der Waals surface area contributed by atoms with Crippen molar-refractivity contribution in [2.45, 2.75) is 39.2 Å². The number of ether oxygens (including phenoxy) is 1. The Morgan fingerprint density at radius 3 is 2.67 bits per heavy atom. The molecule has 0 aromatic carbocycles. The van der Waals surface area contributed by atoms with Crippen molar-refractivity contribution in [1.82, 2.24) is 4.98 Å². The van der Waals surface area contributed by atoms with Crippen molar-refractivity contribution in [2.24, 2.45) is 5.73 Å². The van der Waals surface area contributed by atoms with Gasteiger partial charge in [0.1, 0.15) is 0 Å². The minimum Gasteiger partial charge on any atom is -0.385 e. The lowest BCUT2D eigenvalue weighted by atomic mass is 10.1. The van der Waals surface area contributed by atoms with Crippen LogP contribution in [-0.4, -0.2) is 18.7 Å². The second-order valence-electron chi connectivity index (χ2n) is 3.87. The van der Waals surface area contributed by atoms with Crippen molar-refractivity contribution in [3.8, 4) is 0 Å². The highest BCUT2D eigenvalue weighted by molar-refractivity contribution is 7.11. The number of hydrogen-bond acceptors (Lipinski definition) is 4. The summed E-state index contributed by atoms with van der Waals surface area (Å²) in [4.78, 5) is 5.87. The molecule has 0 saturated carbocycles. The van der Waals surface area contributed by atoms with Crippen LogP contribution in [0.15, 0.2) is 0 Å². The molecule has 0 aliphatic rings. The summed E-state index contributed by atoms with van der Waals surface area (Å²) in [5.41, 5.74) is 6.88. The predicted molar refractivity (Wildman–Crippen MR) is 64.3 cm³/mol. The van der Waals surface area contributed by atoms with Gasteiger partial charge in [-0.25, -0.2) is 4.98 Å². The molecule has 0 unspecified atom stereocenters. The van der Waals surface area contributed by atoms with Gasteiger partial charge >= 0.3 is 0 Å². The average molecular weight is 228 g/mol. The van der Waals surface area contributed by atoms with Gasteiger partial charge in [-0.1, -0.05) is 13.8 Å². The minimum absolute atomic E-state index is 0.468. The van der Waals surface area contributed by atoms with Crippen LogP contribution in [0.1, 0.15) is 41.8 Å². The summed E-state index contributed by atoms with van der Waals surface area (Å²) in [5.74, 6) is 0.468. The van der Waals surface area contributed by atoms with Crippen molar-refractivity contribution in [3.63, 3.8) is 0 Å². The number of thiazole rings is 1. The first-order valence-corrected chi connectivity index (χ1v) is 6.18. The molecule has 1 heterocycles. The first-order valence-electron chi connectivity index (χ1n) is 5.36. The van der Waals surface area contributed by atoms with E-state index in [9.17, 15) is 0 Å². The van der Waals surface area contributed by atoms with Gasteiger partial charge in [0, 0.05) is 31.6 Å². The summed E-state index contributed by atoms with van der Waals surface area (Å²) in [7, 11) is 1.73. The molecule has 0 amide bonds. The summed E-state index contributed by atoms with van der Waals surface area (Å²) in [6, 6.07) is 0. The fourth-order valence-electron chi connectivity index (χ4n) is 1.49. The van der Waals surface area contributed by atoms with E-state index in [0.29, 0.717) is 12.5 Å². The molecule has 0 aliphatic heterocycles. The van der Waals surface area contributed by atoms with E-state index >= 15 is 0 Å². The second-order valence-corrected chi connectivity index (χ2v) is 5.04. The van der Waals surface area contributed by atoms with Gasteiger partial charge < -0.3 is 10.5 Å². The van der Waals surface area contributed by atoms with Crippen LogP contribution in [-0.2, 0) is 17.7 Å². The summed E-state index contributed by atoms with van der Waals surface area (Å²) in [6.45, 7) is 5.73. The molecule has 0 radical (unpaired) electrons. The van der Waals surface area contributed by atoms with Gasteiger partial charge in [0.2, 0.25) is 0 Å². The fraction of sp³-hybridized carbons (Fsp3) is 0.727. The number of aryl methyl sites for hydroxylation is 1. The van der Waals surface area contributed by atoms with E-state index in [1.807, 2.05) is 0 Å². The van der Waals surface area contributed by atoms with Crippen LogP contribution in [0.5, 0.6) is 0 Å². The SMILES string of the molecule is COCCCc1nc(C(C)C)c(CN)s1. The van der Waals surface area contributed by atoms with Crippen molar-refractivity contribution in [3.05, 3.63) is 15.6 Å². The van der Waals surface area contributed by atoms with E-state index in [4.69, 9.17) is 10.5 Å². The highest BCUT2D eigenvalue weighted by Crippen LogP contribution is 2.25. The average Bonchev–Trinajstić information content (AvgIpc) is 2.62. The summed E-state index contributed by atoms with van der Waals surface area (Å²) in [6.07, 6.45) is 2.03. The van der Waals surface area contributed by atoms with Gasteiger partial charge in [-0.2, -0.15) is 0 Å². The van der Waals surface area contributed by atoms with Crippen LogP contribution < -0.4 is 5.73 Å². The van der Waals surface area contributed by atoms with Crippen LogP contribution in [0, 0.1) is 0 Å². The Hall–Kier alpha value is -0.450. The van der Waals surface area contributed by atoms with Crippen LogP contribution >= 0.6 is 11.3 Å². The lowest BCUT2D eigenvalue weighted by Crippen LogP contribution is -1.99. The van der Waals surface area contributed by atoms with Crippen LogP contribution in [0.3, 0.4) is 0 Å². The fourth-order valence-corrected chi connectivity index (χ4v) is 2.63. The Morgan fingerprint density at radius 2 is 2.20 bits per heavy atom. The highest BCUT2D eigenvalue weighted by Gasteiger charge is 2.12. The first kappa shape index (κ1) is 12.6. The maximum Gasteiger partial charge on any atom is 0.0932 e. The molecule has 2 N–H and O–H groups in total. The third kappa shape index (κ3) is 3.55. The van der Waals surface area contributed by atoms with Crippen molar-refractivity contribution in [2.75, 3.05) is 13.7 Å². The highest BCUT2D eigenvalue weighted by atomic mass is 32.1. The van der Waals surface area contributed by atoms with Crippen LogP contribution in [0.2, 0.25) is 0 Å².